The first kappa shape index (κ1) is 64.7. The molecule has 0 saturated heterocycles. The van der Waals surface area contributed by atoms with Gasteiger partial charge < -0.3 is 43.2 Å². The molecule has 0 aromatic rings. The number of rotatable bonds is 29. The maximum Gasteiger partial charge on any atom is 0.192 e. The minimum Gasteiger partial charge on any atom is -0.417 e. The Morgan fingerprint density at radius 1 is 0.351 bits per heavy atom. The van der Waals surface area contributed by atoms with Crippen molar-refractivity contribution in [1.82, 2.24) is 0 Å². The van der Waals surface area contributed by atoms with Crippen molar-refractivity contribution < 1.29 is 67.9 Å². The van der Waals surface area contributed by atoms with Gasteiger partial charge in [-0.1, -0.05) is 163 Å². The maximum atomic E-state index is 11.0. The van der Waals surface area contributed by atoms with E-state index in [1.807, 2.05) is 0 Å². The highest BCUT2D eigenvalue weighted by molar-refractivity contribution is 6.75. The van der Waals surface area contributed by atoms with Crippen molar-refractivity contribution in [2.45, 2.75) is 447 Å². The molecular formula is C84H170O9Si4. The molecule has 0 radical (unpaired) electrons. The molecule has 6 rings (SSSR count). The highest BCUT2D eigenvalue weighted by Crippen LogP contribution is 2.67. The zero-order chi connectivity index (χ0) is 89.7. The Morgan fingerprint density at radius 3 is 0.825 bits per heavy atom. The van der Waals surface area contributed by atoms with Crippen LogP contribution in [-0.4, -0.2) is 114 Å². The van der Waals surface area contributed by atoms with E-state index in [-0.39, 0.29) is 116 Å². The SMILES string of the molecule is [2H]C([2H])([2H])C(O)(CCCC(C)(CCO[Si](C)(C)C(C)(C)C)[C@H]1CCC2[C@@H](O[Si](C)(C)C(C)(C)C)CCC[C@@]21C)C([2H])([2H])[2H].[2H]C([2H])([2H])C(O)(CCC[C@@](C)(CCO)[C@H]1CCC2[C@@H](O[Si](C)(C)C(C)(C)C)CCC[C@@]21C)C([2H])([2H])[2H].[2H]C([2H])([2H])C(O)(CCC[C@](C)(CCO)[C@H]1CCC2[C@@H](O[Si](C)(C)C(C)(C)C)CCC[C@@]21C)C([2H])([2H])[2H]. The van der Waals surface area contributed by atoms with Crippen LogP contribution >= 0.6 is 0 Å². The summed E-state index contributed by atoms with van der Waals surface area (Å²) in [7, 11) is -7.75. The van der Waals surface area contributed by atoms with Crippen LogP contribution in [0.15, 0.2) is 0 Å². The second kappa shape index (κ2) is 32.9. The molecule has 15 atom stereocenters. The lowest BCUT2D eigenvalue weighted by atomic mass is 9.56. The average molecular weight is 1450 g/mol. The molecule has 97 heavy (non-hydrogen) atoms. The van der Waals surface area contributed by atoms with Crippen LogP contribution in [0.25, 0.3) is 0 Å². The highest BCUT2D eigenvalue weighted by Gasteiger charge is 2.61. The molecule has 0 amide bonds. The van der Waals surface area contributed by atoms with Gasteiger partial charge in [-0.25, -0.2) is 0 Å². The molecule has 13 heteroatoms. The molecule has 4 unspecified atom stereocenters. The van der Waals surface area contributed by atoms with E-state index in [1.54, 1.807) is 0 Å². The molecule has 6 aliphatic carbocycles. The maximum absolute atomic E-state index is 11.0. The Labute approximate surface area is 633 Å². The molecule has 0 heterocycles. The Hall–Kier alpha value is 0.508. The molecule has 9 nitrogen and oxygen atoms in total. The van der Waals surface area contributed by atoms with Gasteiger partial charge >= 0.3 is 0 Å². The van der Waals surface area contributed by atoms with E-state index in [9.17, 15) is 25.5 Å². The van der Waals surface area contributed by atoms with Crippen LogP contribution in [0.2, 0.25) is 72.5 Å². The van der Waals surface area contributed by atoms with Crippen molar-refractivity contribution in [1.29, 1.82) is 0 Å². The third kappa shape index (κ3) is 23.0. The normalized spacial score (nSPS) is 35.1. The summed E-state index contributed by atoms with van der Waals surface area (Å²) >= 11 is 0. The number of aliphatic hydroxyl groups is 5. The molecule has 0 aromatic carbocycles. The van der Waals surface area contributed by atoms with Crippen LogP contribution < -0.4 is 0 Å². The molecule has 6 aliphatic rings. The fourth-order valence-corrected chi connectivity index (χ4v) is 25.0. The van der Waals surface area contributed by atoms with Gasteiger partial charge in [-0.05, 0) is 316 Å². The van der Waals surface area contributed by atoms with E-state index in [1.165, 1.54) is 0 Å². The van der Waals surface area contributed by atoms with Crippen molar-refractivity contribution in [2.24, 2.45) is 68.0 Å². The monoisotopic (exact) mass is 1450 g/mol. The Balaban J connectivity index is 0.000000365. The lowest BCUT2D eigenvalue weighted by Gasteiger charge is -2.53. The Morgan fingerprint density at radius 2 is 0.598 bits per heavy atom. The summed E-state index contributed by atoms with van der Waals surface area (Å²) in [4.78, 5) is 0. The van der Waals surface area contributed by atoms with E-state index in [0.717, 1.165) is 103 Å². The van der Waals surface area contributed by atoms with Gasteiger partial charge in [-0.2, -0.15) is 0 Å². The largest absolute Gasteiger partial charge is 0.417 e. The standard InChI is InChI=1S/C32H66O3Si2.2C26H52O3Si/c1-28(2,3)36(11,12)34-24-23-31(9,21-16-20-30(7,8)33)27-19-18-25-26(17-15-22-32(25,27)10)35-37(13,14)29(4,5)6;2*1-23(2,3)30(8,9)29-21-12-10-17-26(7)20(21)13-14-22(26)25(6,18-19-27)16-11-15-24(4,5)28/h25-27,33H,15-24H2,1-14H3;2*20-22,27-28H,10-19H2,1-9H3/t25?,26-,27+,31?,32-;20?,21-,22+,25+,26-;20?,21-,22+,25-,26-/m000/s1/i7D3,8D3;2*4D3,5D3. The minimum absolute atomic E-state index is 0.0282. The van der Waals surface area contributed by atoms with Gasteiger partial charge in [0.2, 0.25) is 0 Å². The molecule has 0 aromatic heterocycles. The third-order valence-electron chi connectivity index (χ3n) is 29.6. The summed E-state index contributed by atoms with van der Waals surface area (Å²) in [5.74, 6) is 2.40. The van der Waals surface area contributed by atoms with E-state index >= 15 is 0 Å². The molecule has 0 spiro atoms. The number of hydrogen-bond acceptors (Lipinski definition) is 9. The second-order valence-corrected chi connectivity index (χ2v) is 60.1. The Kier molecular flexibility index (Phi) is 22.0. The number of aliphatic hydroxyl groups excluding tert-OH is 2. The third-order valence-corrected chi connectivity index (χ3v) is 47.7. The molecular weight excluding hydrogens is 1270 g/mol. The highest BCUT2D eigenvalue weighted by atomic mass is 28.4. The number of fused-ring (bicyclic) bond motifs is 3. The fourth-order valence-electron chi connectivity index (χ4n) is 19.8. The minimum atomic E-state index is -2.99. The lowest BCUT2D eigenvalue weighted by Crippen LogP contribution is -2.51. The zero-order valence-corrected chi connectivity index (χ0v) is 71.8. The van der Waals surface area contributed by atoms with Crippen LogP contribution in [0, 0.1) is 68.0 Å². The van der Waals surface area contributed by atoms with Crippen LogP contribution in [0.5, 0.6) is 0 Å². The van der Waals surface area contributed by atoms with Gasteiger partial charge in [-0.15, -0.1) is 0 Å². The molecule has 6 saturated carbocycles. The van der Waals surface area contributed by atoms with Crippen molar-refractivity contribution in [3.8, 4) is 0 Å². The first-order chi connectivity index (χ1) is 51.1. The average Bonchev–Trinajstić information content (AvgIpc) is 1.62. The predicted octanol–water partition coefficient (Wildman–Crippen LogP) is 23.8. The summed E-state index contributed by atoms with van der Waals surface area (Å²) < 4.78 is 167. The van der Waals surface area contributed by atoms with Crippen molar-refractivity contribution in [3.63, 3.8) is 0 Å². The quantitative estimate of drug-likeness (QED) is 0.0464. The topological polar surface area (TPSA) is 138 Å². The summed E-state index contributed by atoms with van der Waals surface area (Å²) in [6, 6.07) is 0. The lowest BCUT2D eigenvalue weighted by molar-refractivity contribution is -0.0516. The van der Waals surface area contributed by atoms with Crippen molar-refractivity contribution in [2.75, 3.05) is 19.8 Å². The number of hydrogen-bond donors (Lipinski definition) is 5. The second-order valence-electron chi connectivity index (χ2n) is 41.1. The molecule has 0 bridgehead atoms. The van der Waals surface area contributed by atoms with E-state index in [0.29, 0.717) is 80.6 Å². The molecule has 6 fully saturated rings. The molecule has 0 aliphatic heterocycles. The first-order valence-corrected chi connectivity index (χ1v) is 50.8. The fraction of sp³-hybridized carbons (Fsp3) is 1.00. The van der Waals surface area contributed by atoms with Gasteiger partial charge in [0.1, 0.15) is 0 Å². The van der Waals surface area contributed by atoms with Gasteiger partial charge in [0.15, 0.2) is 33.3 Å². The zero-order valence-electron chi connectivity index (χ0n) is 85.8. The van der Waals surface area contributed by atoms with E-state index < -0.39 is 91.2 Å². The van der Waals surface area contributed by atoms with Gasteiger partial charge in [0, 0.05) is 62.8 Å². The summed E-state index contributed by atoms with van der Waals surface area (Å²) in [5.41, 5.74) is -8.71. The van der Waals surface area contributed by atoms with Gasteiger partial charge in [0.25, 0.3) is 0 Å². The molecule has 5 N–H and O–H groups in total. The van der Waals surface area contributed by atoms with Crippen LogP contribution in [0.3, 0.4) is 0 Å². The van der Waals surface area contributed by atoms with Gasteiger partial charge in [0.05, 0.1) is 16.8 Å². The van der Waals surface area contributed by atoms with Gasteiger partial charge in [-0.3, -0.25) is 0 Å². The van der Waals surface area contributed by atoms with E-state index in [2.05, 4.69) is 177 Å². The van der Waals surface area contributed by atoms with E-state index in [4.69, 9.17) is 42.4 Å². The Bertz CT molecular complexity index is 2890. The summed E-state index contributed by atoms with van der Waals surface area (Å²) in [5, 5.41) is 53.0. The van der Waals surface area contributed by atoms with Crippen LogP contribution in [0.4, 0.5) is 0 Å². The summed E-state index contributed by atoms with van der Waals surface area (Å²) in [6.45, 7) is 42.5. The first-order valence-electron chi connectivity index (χ1n) is 48.1. The van der Waals surface area contributed by atoms with Crippen molar-refractivity contribution in [3.05, 3.63) is 0 Å². The molecule has 576 valence electrons. The van der Waals surface area contributed by atoms with Crippen LogP contribution in [0.1, 0.15) is 364 Å². The van der Waals surface area contributed by atoms with Crippen LogP contribution in [-0.2, 0) is 17.7 Å². The summed E-state index contributed by atoms with van der Waals surface area (Å²) in [6.07, 6.45) is 20.9. The van der Waals surface area contributed by atoms with Crippen molar-refractivity contribution >= 4 is 33.3 Å². The predicted molar refractivity (Wildman–Crippen MR) is 427 cm³/mol. The smallest absolute Gasteiger partial charge is 0.192 e.